The number of methoxy groups -OCH3 is 2. The van der Waals surface area contributed by atoms with E-state index in [4.69, 9.17) is 28.4 Å². The molecule has 0 radical (unpaired) electrons. The molecular weight excluding hydrogens is 809 g/mol. The number of esters is 2. The highest BCUT2D eigenvalue weighted by Crippen LogP contribution is 2.56. The van der Waals surface area contributed by atoms with E-state index in [1.165, 1.54) is 0 Å². The van der Waals surface area contributed by atoms with Crippen molar-refractivity contribution < 1.29 is 38.0 Å². The molecule has 0 N–H and O–H groups in total. The first-order valence-corrected chi connectivity index (χ1v) is 26.2. The van der Waals surface area contributed by atoms with Crippen LogP contribution in [-0.4, -0.2) is 146 Å². The van der Waals surface area contributed by atoms with Crippen LogP contribution in [0.25, 0.3) is 0 Å². The second-order valence-corrected chi connectivity index (χ2v) is 24.1. The predicted molar refractivity (Wildman–Crippen MR) is 250 cm³/mol. The van der Waals surface area contributed by atoms with Crippen LogP contribution in [-0.2, 0) is 38.0 Å². The van der Waals surface area contributed by atoms with Crippen LogP contribution in [0.3, 0.4) is 0 Å². The van der Waals surface area contributed by atoms with Crippen molar-refractivity contribution >= 4 is 35.5 Å². The van der Waals surface area contributed by atoms with Gasteiger partial charge in [-0.05, 0) is 150 Å². The van der Waals surface area contributed by atoms with Crippen LogP contribution < -0.4 is 0 Å². The van der Waals surface area contributed by atoms with Gasteiger partial charge in [-0.15, -0.1) is 23.5 Å². The smallest absolute Gasteiger partial charge is 0.311 e. The van der Waals surface area contributed by atoms with Gasteiger partial charge in [0.05, 0.1) is 58.8 Å². The Labute approximate surface area is 380 Å². The van der Waals surface area contributed by atoms with E-state index < -0.39 is 10.8 Å². The van der Waals surface area contributed by atoms with Crippen molar-refractivity contribution in [1.82, 2.24) is 9.80 Å². The Morgan fingerprint density at radius 2 is 0.984 bits per heavy atom. The molecule has 2 saturated heterocycles. The average Bonchev–Trinajstić information content (AvgIpc) is 3.22. The van der Waals surface area contributed by atoms with Crippen LogP contribution in [0.4, 0.5) is 0 Å². The van der Waals surface area contributed by atoms with Crippen LogP contribution in [0.15, 0.2) is 0 Å². The minimum absolute atomic E-state index is 0.00692. The molecule has 14 atom stereocenters. The van der Waals surface area contributed by atoms with Gasteiger partial charge < -0.3 is 28.4 Å². The zero-order valence-electron chi connectivity index (χ0n) is 40.8. The highest BCUT2D eigenvalue weighted by Gasteiger charge is 2.63. The molecule has 0 amide bonds. The fourth-order valence-corrected chi connectivity index (χ4v) is 16.0. The second-order valence-electron chi connectivity index (χ2n) is 21.3. The van der Waals surface area contributed by atoms with Crippen molar-refractivity contribution in [2.75, 3.05) is 54.7 Å². The highest BCUT2D eigenvalue weighted by atomic mass is 32.2. The number of nitrogens with zero attached hydrogens (tertiary/aromatic N) is 2. The van der Waals surface area contributed by atoms with Gasteiger partial charge in [0.1, 0.15) is 12.2 Å². The minimum atomic E-state index is -0.533. The normalized spacial score (nSPS) is 34.6. The van der Waals surface area contributed by atoms with E-state index in [9.17, 15) is 9.59 Å². The summed E-state index contributed by atoms with van der Waals surface area (Å²) in [5.74, 6) is 1.20. The maximum Gasteiger partial charge on any atom is 0.311 e. The van der Waals surface area contributed by atoms with Crippen molar-refractivity contribution in [2.24, 2.45) is 34.5 Å². The van der Waals surface area contributed by atoms with Crippen molar-refractivity contribution in [3.8, 4) is 0 Å². The number of likely N-dealkylation sites (N-methyl/N-ethyl adjacent to an activating group) is 2. The summed E-state index contributed by atoms with van der Waals surface area (Å²) in [5.41, 5.74) is -1.07. The molecule has 0 spiro atoms. The minimum Gasteiger partial charge on any atom is -0.461 e. The second kappa shape index (κ2) is 22.7. The SMILES string of the molecule is CCC(CC)C(OC(=O)C(C)(C)C)C1CCC2C(C1)SC1C(OCCOC)C3C(SC4CC(C(OC(=O)C(C)(C)C)C(CC)CC)CCC4N3C)C(OCCCOC)C1N2C. The van der Waals surface area contributed by atoms with Gasteiger partial charge in [0, 0.05) is 50.0 Å². The van der Waals surface area contributed by atoms with E-state index in [1.807, 2.05) is 41.5 Å². The monoisotopic (exact) mass is 897 g/mol. The number of ether oxygens (including phenoxy) is 6. The van der Waals surface area contributed by atoms with Crippen LogP contribution in [0, 0.1) is 34.5 Å². The zero-order chi connectivity index (χ0) is 44.8. The number of carbonyl (C=O) groups is 2. The number of fused-ring (bicyclic) bond motifs is 4. The first-order chi connectivity index (χ1) is 28.9. The fraction of sp³-hybridized carbons (Fsp3) is 0.959. The molecule has 5 fully saturated rings. The summed E-state index contributed by atoms with van der Waals surface area (Å²) in [6, 6.07) is 1.15. The van der Waals surface area contributed by atoms with Crippen molar-refractivity contribution in [1.29, 1.82) is 0 Å². The number of carbonyl (C=O) groups excluding carboxylic acids is 2. The summed E-state index contributed by atoms with van der Waals surface area (Å²) in [5, 5.41) is 1.21. The number of hydrogen-bond acceptors (Lipinski definition) is 12. The van der Waals surface area contributed by atoms with Gasteiger partial charge in [-0.25, -0.2) is 0 Å². The summed E-state index contributed by atoms with van der Waals surface area (Å²) in [4.78, 5) is 32.3. The Kier molecular flexibility index (Phi) is 19.2. The molecule has 0 aromatic rings. The summed E-state index contributed by atoms with van der Waals surface area (Å²) in [6.45, 7) is 23.3. The number of rotatable bonds is 19. The van der Waals surface area contributed by atoms with Crippen molar-refractivity contribution in [3.05, 3.63) is 0 Å². The average molecular weight is 897 g/mol. The Morgan fingerprint density at radius 1 is 0.590 bits per heavy atom. The molecule has 5 rings (SSSR count). The van der Waals surface area contributed by atoms with E-state index in [1.54, 1.807) is 14.2 Å². The molecule has 14 unspecified atom stereocenters. The van der Waals surface area contributed by atoms with Crippen LogP contribution in [0.1, 0.15) is 140 Å². The zero-order valence-corrected chi connectivity index (χ0v) is 42.5. The molecule has 2 aliphatic heterocycles. The fourth-order valence-electron chi connectivity index (χ4n) is 11.7. The first kappa shape index (κ1) is 51.4. The van der Waals surface area contributed by atoms with Crippen molar-refractivity contribution in [3.63, 3.8) is 0 Å². The van der Waals surface area contributed by atoms with Gasteiger partial charge in [-0.2, -0.15) is 0 Å². The van der Waals surface area contributed by atoms with E-state index in [0.717, 1.165) is 70.6 Å². The lowest BCUT2D eigenvalue weighted by atomic mass is 9.74. The maximum absolute atomic E-state index is 13.5. The Morgan fingerprint density at radius 3 is 1.34 bits per heavy atom. The third kappa shape index (κ3) is 11.9. The quantitative estimate of drug-likeness (QED) is 0.0915. The highest BCUT2D eigenvalue weighted by molar-refractivity contribution is 8.01. The topological polar surface area (TPSA) is 96.0 Å². The van der Waals surface area contributed by atoms with Gasteiger partial charge in [-0.1, -0.05) is 27.7 Å². The number of hydrogen-bond donors (Lipinski definition) is 0. The van der Waals surface area contributed by atoms with Gasteiger partial charge in [-0.3, -0.25) is 19.4 Å². The molecular formula is C49H88N2O8S2. The summed E-state index contributed by atoms with van der Waals surface area (Å²) >= 11 is 4.32. The van der Waals surface area contributed by atoms with E-state index >= 15 is 0 Å². The summed E-state index contributed by atoms with van der Waals surface area (Å²) < 4.78 is 38.5. The molecule has 3 saturated carbocycles. The summed E-state index contributed by atoms with van der Waals surface area (Å²) in [7, 11) is 8.26. The molecule has 12 heteroatoms. The lowest BCUT2D eigenvalue weighted by molar-refractivity contribution is -0.168. The van der Waals surface area contributed by atoms with E-state index in [0.29, 0.717) is 72.7 Å². The third-order valence-corrected chi connectivity index (χ3v) is 18.7. The van der Waals surface area contributed by atoms with E-state index in [2.05, 4.69) is 75.1 Å². The first-order valence-electron chi connectivity index (χ1n) is 24.3. The lowest BCUT2D eigenvalue weighted by Gasteiger charge is -2.64. The van der Waals surface area contributed by atoms with Gasteiger partial charge in [0.2, 0.25) is 0 Å². The van der Waals surface area contributed by atoms with Gasteiger partial charge >= 0.3 is 11.9 Å². The molecule has 0 aromatic carbocycles. The maximum atomic E-state index is 13.5. The molecule has 10 nitrogen and oxygen atoms in total. The molecule has 2 heterocycles. The Hall–Kier alpha value is -0.600. The Balaban J connectivity index is 1.47. The molecule has 61 heavy (non-hydrogen) atoms. The van der Waals surface area contributed by atoms with Crippen LogP contribution >= 0.6 is 23.5 Å². The van der Waals surface area contributed by atoms with Crippen molar-refractivity contribution in [2.45, 2.75) is 209 Å². The summed E-state index contributed by atoms with van der Waals surface area (Å²) in [6.07, 6.45) is 11.1. The molecule has 0 aromatic heterocycles. The van der Waals surface area contributed by atoms with Gasteiger partial charge in [0.15, 0.2) is 0 Å². The number of thioether (sulfide) groups is 2. The molecule has 5 aliphatic rings. The van der Waals surface area contributed by atoms with Crippen LogP contribution in [0.5, 0.6) is 0 Å². The largest absolute Gasteiger partial charge is 0.461 e. The third-order valence-electron chi connectivity index (χ3n) is 15.3. The molecule has 354 valence electrons. The Bertz CT molecular complexity index is 1370. The van der Waals surface area contributed by atoms with Gasteiger partial charge in [0.25, 0.3) is 0 Å². The molecule has 3 aliphatic carbocycles. The molecule has 0 bridgehead atoms. The standard InChI is InChI=1S/C49H88N2O8S2/c1-15-30(16-2)40(58-46(52)48(5,6)7)32-21-23-35-36(28-32)60-44-39(51(35)12)43(57-27-26-55-14)45-38(42(44)56-25-19-24-54-13)50(11)34-22-20-33(29-37(34)61-45)41(31(17-3)18-4)59-47(53)49(8,9)10/h30-45H,15-29H2,1-14H3. The van der Waals surface area contributed by atoms with E-state index in [-0.39, 0.29) is 58.9 Å². The lowest BCUT2D eigenvalue weighted by Crippen LogP contribution is -2.77. The van der Waals surface area contributed by atoms with Crippen LogP contribution in [0.2, 0.25) is 0 Å². The predicted octanol–water partition coefficient (Wildman–Crippen LogP) is 9.15.